The number of nitrogens with zero attached hydrogens (tertiary/aromatic N) is 1. The highest BCUT2D eigenvalue weighted by molar-refractivity contribution is 5.75. The summed E-state index contributed by atoms with van der Waals surface area (Å²) in [5.74, 6) is -0.0609. The summed E-state index contributed by atoms with van der Waals surface area (Å²) in [6.45, 7) is 3.77. The molecule has 0 aromatic carbocycles. The maximum absolute atomic E-state index is 11.4. The van der Waals surface area contributed by atoms with Crippen molar-refractivity contribution in [3.8, 4) is 0 Å². The van der Waals surface area contributed by atoms with Crippen LogP contribution in [0.1, 0.15) is 43.7 Å². The predicted molar refractivity (Wildman–Crippen MR) is 67.9 cm³/mol. The molecule has 4 nitrogen and oxygen atoms in total. The minimum Gasteiger partial charge on any atom is -0.461 e. The van der Waals surface area contributed by atoms with Gasteiger partial charge in [-0.3, -0.25) is 9.78 Å². The van der Waals surface area contributed by atoms with E-state index in [1.807, 2.05) is 13.0 Å². The van der Waals surface area contributed by atoms with Crippen LogP contribution in [0.2, 0.25) is 0 Å². The number of esters is 1. The van der Waals surface area contributed by atoms with Crippen LogP contribution in [0.5, 0.6) is 0 Å². The molecule has 1 heterocycles. The first kappa shape index (κ1) is 14.4. The average Bonchev–Trinajstić information content (AvgIpc) is 2.32. The van der Waals surface area contributed by atoms with E-state index in [2.05, 4.69) is 4.98 Å². The Labute approximate surface area is 107 Å². The number of hydrogen-bond donors (Lipinski definition) is 0. The fraction of sp³-hybridized carbons (Fsp3) is 0.500. The van der Waals surface area contributed by atoms with E-state index in [0.29, 0.717) is 19.3 Å². The van der Waals surface area contributed by atoms with Gasteiger partial charge in [0.25, 0.3) is 0 Å². The van der Waals surface area contributed by atoms with Crippen LogP contribution in [-0.2, 0) is 20.9 Å². The highest BCUT2D eigenvalue weighted by Crippen LogP contribution is 2.06. The Hall–Kier alpha value is -1.71. The monoisotopic (exact) mass is 249 g/mol. The molecular weight excluding hydrogens is 230 g/mol. The van der Waals surface area contributed by atoms with Crippen molar-refractivity contribution in [3.63, 3.8) is 0 Å². The first-order chi connectivity index (χ1) is 8.58. The van der Waals surface area contributed by atoms with Gasteiger partial charge in [0.15, 0.2) is 0 Å². The topological polar surface area (TPSA) is 56.3 Å². The van der Waals surface area contributed by atoms with Gasteiger partial charge >= 0.3 is 5.97 Å². The van der Waals surface area contributed by atoms with Gasteiger partial charge < -0.3 is 9.53 Å². The third kappa shape index (κ3) is 6.13. The quantitative estimate of drug-likeness (QED) is 0.550. The highest BCUT2D eigenvalue weighted by Gasteiger charge is 2.04. The molecule has 98 valence electrons. The van der Waals surface area contributed by atoms with Gasteiger partial charge in [-0.05, 0) is 38.3 Å². The van der Waals surface area contributed by atoms with Gasteiger partial charge in [-0.15, -0.1) is 0 Å². The summed E-state index contributed by atoms with van der Waals surface area (Å²) < 4.78 is 5.13. The molecule has 0 N–H and O–H groups in total. The maximum atomic E-state index is 11.4. The standard InChI is InChI=1S/C14H19NO3/c1-11-7-13(9-15-8-11)10-18-14(17)6-4-3-5-12(2)16/h7-9H,3-6,10H2,1-2H3. The van der Waals surface area contributed by atoms with Gasteiger partial charge in [0.05, 0.1) is 0 Å². The fourth-order valence-electron chi connectivity index (χ4n) is 1.58. The van der Waals surface area contributed by atoms with Crippen LogP contribution in [0.25, 0.3) is 0 Å². The molecule has 0 aliphatic carbocycles. The van der Waals surface area contributed by atoms with E-state index >= 15 is 0 Å². The molecule has 0 amide bonds. The van der Waals surface area contributed by atoms with Crippen molar-refractivity contribution in [2.24, 2.45) is 0 Å². The van der Waals surface area contributed by atoms with Crippen LogP contribution in [0.4, 0.5) is 0 Å². The van der Waals surface area contributed by atoms with Crippen molar-refractivity contribution in [2.75, 3.05) is 0 Å². The lowest BCUT2D eigenvalue weighted by molar-refractivity contribution is -0.145. The number of ketones is 1. The number of ether oxygens (including phenoxy) is 1. The Kier molecular flexibility index (Phi) is 6.05. The van der Waals surface area contributed by atoms with Crippen LogP contribution in [0, 0.1) is 6.92 Å². The molecule has 0 aliphatic heterocycles. The minimum atomic E-state index is -0.222. The number of carbonyl (C=O) groups is 2. The van der Waals surface area contributed by atoms with Gasteiger partial charge in [-0.2, -0.15) is 0 Å². The number of pyridine rings is 1. The van der Waals surface area contributed by atoms with E-state index in [1.54, 1.807) is 19.3 Å². The van der Waals surface area contributed by atoms with Crippen LogP contribution < -0.4 is 0 Å². The molecule has 0 atom stereocenters. The van der Waals surface area contributed by atoms with Gasteiger partial charge in [-0.25, -0.2) is 0 Å². The van der Waals surface area contributed by atoms with Crippen LogP contribution in [-0.4, -0.2) is 16.7 Å². The second-order valence-electron chi connectivity index (χ2n) is 4.44. The lowest BCUT2D eigenvalue weighted by atomic mass is 10.1. The van der Waals surface area contributed by atoms with E-state index in [-0.39, 0.29) is 18.4 Å². The third-order valence-corrected chi connectivity index (χ3v) is 2.49. The summed E-state index contributed by atoms with van der Waals surface area (Å²) >= 11 is 0. The van der Waals surface area contributed by atoms with Crippen molar-refractivity contribution in [1.29, 1.82) is 0 Å². The summed E-state index contributed by atoms with van der Waals surface area (Å²) in [7, 11) is 0. The minimum absolute atomic E-state index is 0.161. The summed E-state index contributed by atoms with van der Waals surface area (Å²) in [6.07, 6.45) is 5.80. The van der Waals surface area contributed by atoms with Crippen molar-refractivity contribution in [2.45, 2.75) is 46.1 Å². The summed E-state index contributed by atoms with van der Waals surface area (Å²) in [5.41, 5.74) is 1.94. The number of aromatic nitrogens is 1. The molecule has 0 bridgehead atoms. The van der Waals surface area contributed by atoms with Crippen molar-refractivity contribution in [3.05, 3.63) is 29.6 Å². The molecule has 1 rings (SSSR count). The lowest BCUT2D eigenvalue weighted by Crippen LogP contribution is -2.05. The van der Waals surface area contributed by atoms with Crippen molar-refractivity contribution in [1.82, 2.24) is 4.98 Å². The second-order valence-corrected chi connectivity index (χ2v) is 4.44. The van der Waals surface area contributed by atoms with Crippen molar-refractivity contribution >= 4 is 11.8 Å². The average molecular weight is 249 g/mol. The van der Waals surface area contributed by atoms with Crippen LogP contribution in [0.15, 0.2) is 18.5 Å². The molecule has 4 heteroatoms. The predicted octanol–water partition coefficient (Wildman–Crippen LogP) is 2.58. The molecule has 0 aliphatic rings. The Bertz CT molecular complexity index is 415. The fourth-order valence-corrected chi connectivity index (χ4v) is 1.58. The summed E-state index contributed by atoms with van der Waals surface area (Å²) in [4.78, 5) is 26.2. The molecule has 18 heavy (non-hydrogen) atoms. The number of carbonyl (C=O) groups excluding carboxylic acids is 2. The zero-order valence-corrected chi connectivity index (χ0v) is 10.9. The van der Waals surface area contributed by atoms with Gasteiger partial charge in [0.1, 0.15) is 12.4 Å². The Morgan fingerprint density at radius 2 is 1.94 bits per heavy atom. The van der Waals surface area contributed by atoms with E-state index < -0.39 is 0 Å². The molecule has 0 saturated carbocycles. The zero-order valence-electron chi connectivity index (χ0n) is 10.9. The van der Waals surface area contributed by atoms with E-state index in [9.17, 15) is 9.59 Å². The van der Waals surface area contributed by atoms with Gasteiger partial charge in [0, 0.05) is 30.8 Å². The highest BCUT2D eigenvalue weighted by atomic mass is 16.5. The Balaban J connectivity index is 2.19. The number of Topliss-reactive ketones (excluding diaryl/α,β-unsaturated/α-hetero) is 1. The van der Waals surface area contributed by atoms with E-state index in [1.165, 1.54) is 0 Å². The zero-order chi connectivity index (χ0) is 13.4. The van der Waals surface area contributed by atoms with E-state index in [4.69, 9.17) is 4.74 Å². The molecule has 1 aromatic heterocycles. The first-order valence-corrected chi connectivity index (χ1v) is 6.13. The third-order valence-electron chi connectivity index (χ3n) is 2.49. The maximum Gasteiger partial charge on any atom is 0.306 e. The molecule has 1 aromatic rings. The Morgan fingerprint density at radius 1 is 1.22 bits per heavy atom. The van der Waals surface area contributed by atoms with Crippen LogP contribution in [0.3, 0.4) is 0 Å². The summed E-state index contributed by atoms with van der Waals surface area (Å²) in [6, 6.07) is 1.94. The molecule has 0 radical (unpaired) electrons. The molecule has 0 unspecified atom stereocenters. The number of aryl methyl sites for hydroxylation is 1. The first-order valence-electron chi connectivity index (χ1n) is 6.13. The Morgan fingerprint density at radius 3 is 2.61 bits per heavy atom. The van der Waals surface area contributed by atoms with Crippen LogP contribution >= 0.6 is 0 Å². The normalized spacial score (nSPS) is 10.1. The number of hydrogen-bond acceptors (Lipinski definition) is 4. The second kappa shape index (κ2) is 7.58. The van der Waals surface area contributed by atoms with Gasteiger partial charge in [-0.1, -0.05) is 0 Å². The summed E-state index contributed by atoms with van der Waals surface area (Å²) in [5, 5.41) is 0. The molecule has 0 saturated heterocycles. The lowest BCUT2D eigenvalue weighted by Gasteiger charge is -2.05. The number of rotatable bonds is 7. The van der Waals surface area contributed by atoms with Crippen molar-refractivity contribution < 1.29 is 14.3 Å². The SMILES string of the molecule is CC(=O)CCCCC(=O)OCc1cncc(C)c1. The molecule has 0 fully saturated rings. The largest absolute Gasteiger partial charge is 0.461 e. The smallest absolute Gasteiger partial charge is 0.306 e. The molecular formula is C14H19NO3. The number of unbranched alkanes of at least 4 members (excludes halogenated alkanes) is 1. The van der Waals surface area contributed by atoms with E-state index in [0.717, 1.165) is 17.5 Å². The molecule has 0 spiro atoms. The van der Waals surface area contributed by atoms with Gasteiger partial charge in [0.2, 0.25) is 0 Å².